The lowest BCUT2D eigenvalue weighted by Crippen LogP contribution is -2.46. The van der Waals surface area contributed by atoms with E-state index in [2.05, 4.69) is 35.4 Å². The number of aromatic nitrogens is 3. The number of hydrogen-bond acceptors (Lipinski definition) is 16. The van der Waals surface area contributed by atoms with Crippen molar-refractivity contribution in [3.8, 4) is 11.3 Å². The normalized spacial score (nSPS) is 13.4. The van der Waals surface area contributed by atoms with Crippen LogP contribution in [-0.2, 0) is 44.4 Å². The molecule has 2 aromatic carbocycles. The number of nitrogens with one attached hydrogen (secondary N) is 2. The summed E-state index contributed by atoms with van der Waals surface area (Å²) in [5, 5.41) is 14.9. The molecule has 1 amide bonds. The summed E-state index contributed by atoms with van der Waals surface area (Å²) in [6, 6.07) is 19.2. The molecule has 17 heteroatoms. The molecular formula is C46H65N7O10. The number of hydrogen-bond donors (Lipinski definition) is 3. The van der Waals surface area contributed by atoms with Gasteiger partial charge in [-0.15, -0.1) is 0 Å². The Balaban J connectivity index is 0.825. The van der Waals surface area contributed by atoms with Crippen molar-refractivity contribution in [1.29, 1.82) is 0 Å². The van der Waals surface area contributed by atoms with Crippen molar-refractivity contribution in [3.05, 3.63) is 95.9 Å². The van der Waals surface area contributed by atoms with Gasteiger partial charge in [0, 0.05) is 80.4 Å². The molecule has 1 aliphatic heterocycles. The molecule has 0 bridgehead atoms. The third-order valence-corrected chi connectivity index (χ3v) is 9.83. The number of anilines is 3. The minimum atomic E-state index is -0.171. The number of aliphatic hydroxyl groups excluding tert-OH is 1. The monoisotopic (exact) mass is 875 g/mol. The molecule has 1 aliphatic rings. The zero-order chi connectivity index (χ0) is 44.0. The summed E-state index contributed by atoms with van der Waals surface area (Å²) < 4.78 is 43.9. The molecule has 63 heavy (non-hydrogen) atoms. The van der Waals surface area contributed by atoms with E-state index in [4.69, 9.17) is 43.0 Å². The van der Waals surface area contributed by atoms with Crippen LogP contribution < -0.4 is 10.6 Å². The number of benzene rings is 2. The van der Waals surface area contributed by atoms with Crippen LogP contribution in [0, 0.1) is 6.92 Å². The lowest BCUT2D eigenvalue weighted by atomic mass is 10.1. The number of carbonyl (C=O) groups is 1. The van der Waals surface area contributed by atoms with E-state index in [-0.39, 0.29) is 12.5 Å². The molecule has 1 saturated heterocycles. The Labute approximate surface area is 371 Å². The zero-order valence-electron chi connectivity index (χ0n) is 36.6. The second-order valence-corrected chi connectivity index (χ2v) is 14.6. The summed E-state index contributed by atoms with van der Waals surface area (Å²) in [5.74, 6) is 0.288. The van der Waals surface area contributed by atoms with E-state index in [9.17, 15) is 4.79 Å². The Bertz CT molecular complexity index is 1820. The Morgan fingerprint density at radius 1 is 0.651 bits per heavy atom. The van der Waals surface area contributed by atoms with E-state index >= 15 is 0 Å². The van der Waals surface area contributed by atoms with Gasteiger partial charge in [0.15, 0.2) is 0 Å². The highest BCUT2D eigenvalue weighted by molar-refractivity contribution is 6.04. The molecular weight excluding hydrogens is 811 g/mol. The van der Waals surface area contributed by atoms with E-state index in [0.717, 1.165) is 61.8 Å². The summed E-state index contributed by atoms with van der Waals surface area (Å²) in [6.07, 6.45) is 5.20. The number of aliphatic hydroxyl groups is 1. The molecule has 1 fully saturated rings. The minimum absolute atomic E-state index is 0.0212. The van der Waals surface area contributed by atoms with Crippen molar-refractivity contribution < 1.29 is 47.8 Å². The Morgan fingerprint density at radius 3 is 1.76 bits per heavy atom. The number of amides is 1. The fourth-order valence-electron chi connectivity index (χ4n) is 6.34. The molecule has 344 valence electrons. The van der Waals surface area contributed by atoms with Gasteiger partial charge in [0.2, 0.25) is 5.95 Å². The number of pyridine rings is 1. The maximum absolute atomic E-state index is 13.2. The largest absolute Gasteiger partial charge is 0.394 e. The molecule has 0 aliphatic carbocycles. The average molecular weight is 876 g/mol. The second-order valence-electron chi connectivity index (χ2n) is 14.6. The third-order valence-electron chi connectivity index (χ3n) is 9.83. The number of rotatable bonds is 33. The van der Waals surface area contributed by atoms with Gasteiger partial charge in [-0.1, -0.05) is 18.2 Å². The maximum atomic E-state index is 13.2. The van der Waals surface area contributed by atoms with Gasteiger partial charge >= 0.3 is 0 Å². The van der Waals surface area contributed by atoms with E-state index in [1.54, 1.807) is 18.6 Å². The summed E-state index contributed by atoms with van der Waals surface area (Å²) in [7, 11) is 0. The van der Waals surface area contributed by atoms with Gasteiger partial charge in [-0.2, -0.15) is 0 Å². The van der Waals surface area contributed by atoms with Gasteiger partial charge < -0.3 is 53.6 Å². The van der Waals surface area contributed by atoms with E-state index in [1.807, 2.05) is 67.6 Å². The first-order valence-corrected chi connectivity index (χ1v) is 21.8. The van der Waals surface area contributed by atoms with Crippen LogP contribution in [0.2, 0.25) is 0 Å². The van der Waals surface area contributed by atoms with E-state index < -0.39 is 0 Å². The molecule has 0 radical (unpaired) electrons. The number of nitrogens with zero attached hydrogens (tertiary/aromatic N) is 5. The number of ether oxygens (including phenoxy) is 8. The van der Waals surface area contributed by atoms with Crippen LogP contribution >= 0.6 is 0 Å². The topological polar surface area (TPSA) is 180 Å². The van der Waals surface area contributed by atoms with Crippen LogP contribution in [0.25, 0.3) is 11.3 Å². The summed E-state index contributed by atoms with van der Waals surface area (Å²) in [5.41, 5.74) is 5.92. The zero-order valence-corrected chi connectivity index (χ0v) is 36.6. The van der Waals surface area contributed by atoms with Crippen molar-refractivity contribution in [3.63, 3.8) is 0 Å². The smallest absolute Gasteiger partial charge is 0.255 e. The van der Waals surface area contributed by atoms with Gasteiger partial charge in [0.05, 0.1) is 118 Å². The predicted molar refractivity (Wildman–Crippen MR) is 239 cm³/mol. The van der Waals surface area contributed by atoms with Crippen molar-refractivity contribution >= 4 is 23.2 Å². The number of piperazine rings is 1. The molecule has 0 atom stereocenters. The molecule has 3 heterocycles. The summed E-state index contributed by atoms with van der Waals surface area (Å²) in [4.78, 5) is 31.3. The Hall–Kier alpha value is -4.50. The molecule has 5 rings (SSSR count). The molecule has 4 aromatic rings. The molecule has 17 nitrogen and oxygen atoms in total. The highest BCUT2D eigenvalue weighted by Crippen LogP contribution is 2.25. The quantitative estimate of drug-likeness (QED) is 0.0583. The second kappa shape index (κ2) is 30.6. The fraction of sp³-hybridized carbons (Fsp3) is 0.522. The first-order chi connectivity index (χ1) is 31.1. The third kappa shape index (κ3) is 20.3. The highest BCUT2D eigenvalue weighted by Gasteiger charge is 2.17. The summed E-state index contributed by atoms with van der Waals surface area (Å²) in [6.45, 7) is 15.8. The van der Waals surface area contributed by atoms with Crippen molar-refractivity contribution in [2.24, 2.45) is 0 Å². The van der Waals surface area contributed by atoms with Crippen LogP contribution in [0.3, 0.4) is 0 Å². The van der Waals surface area contributed by atoms with Gasteiger partial charge in [-0.3, -0.25) is 19.6 Å². The highest BCUT2D eigenvalue weighted by atomic mass is 16.6. The van der Waals surface area contributed by atoms with Gasteiger partial charge in [-0.25, -0.2) is 9.97 Å². The fourth-order valence-corrected chi connectivity index (χ4v) is 6.34. The lowest BCUT2D eigenvalue weighted by Gasteiger charge is -2.34. The summed E-state index contributed by atoms with van der Waals surface area (Å²) >= 11 is 0. The molecule has 0 saturated carbocycles. The predicted octanol–water partition coefficient (Wildman–Crippen LogP) is 4.09. The van der Waals surface area contributed by atoms with Gasteiger partial charge in [0.25, 0.3) is 5.91 Å². The van der Waals surface area contributed by atoms with Crippen molar-refractivity contribution in [1.82, 2.24) is 24.8 Å². The standard InChI is InChI=1S/C46H65N7O10/c1-38-4-9-42(35-44(38)51-46-48-12-10-43(50-46)41-3-2-11-47-36-41)49-45(55)40-7-5-39(6-8-40)37-53-15-13-52(14-16-53)17-19-56-21-23-58-25-27-60-29-31-62-33-34-63-32-30-61-28-26-59-24-22-57-20-18-54/h2-12,35-36,54H,13-34,37H2,1H3,(H,49,55)(H,48,50,51). The van der Waals surface area contributed by atoms with Crippen LogP contribution in [0.15, 0.2) is 79.3 Å². The number of carbonyl (C=O) groups excluding carboxylic acids is 1. The van der Waals surface area contributed by atoms with Crippen LogP contribution in [0.4, 0.5) is 17.3 Å². The maximum Gasteiger partial charge on any atom is 0.255 e. The molecule has 3 N–H and O–H groups in total. The minimum Gasteiger partial charge on any atom is -0.394 e. The Morgan fingerprint density at radius 2 is 1.21 bits per heavy atom. The van der Waals surface area contributed by atoms with Crippen molar-refractivity contribution in [2.45, 2.75) is 13.5 Å². The molecule has 0 spiro atoms. The van der Waals surface area contributed by atoms with Gasteiger partial charge in [-0.05, 0) is 60.5 Å². The van der Waals surface area contributed by atoms with E-state index in [1.165, 1.54) is 5.56 Å². The van der Waals surface area contributed by atoms with Gasteiger partial charge in [0.1, 0.15) is 0 Å². The van der Waals surface area contributed by atoms with Crippen LogP contribution in [0.1, 0.15) is 21.5 Å². The molecule has 2 aromatic heterocycles. The van der Waals surface area contributed by atoms with Crippen molar-refractivity contribution in [2.75, 3.05) is 156 Å². The Kier molecular flexibility index (Phi) is 24.0. The lowest BCUT2D eigenvalue weighted by molar-refractivity contribution is -0.0243. The van der Waals surface area contributed by atoms with Crippen LogP contribution in [-0.4, -0.2) is 181 Å². The first kappa shape index (κ1) is 49.5. The SMILES string of the molecule is Cc1ccc(NC(=O)c2ccc(CN3CCN(CCOCCOCCOCCOCCOCCOCCOCCOCCO)CC3)cc2)cc1Nc1nccc(-c2cccnc2)n1. The molecule has 0 unspecified atom stereocenters. The van der Waals surface area contributed by atoms with Crippen LogP contribution in [0.5, 0.6) is 0 Å². The average Bonchev–Trinajstić information content (AvgIpc) is 3.31. The number of aryl methyl sites for hydroxylation is 1. The first-order valence-electron chi connectivity index (χ1n) is 21.8. The van der Waals surface area contributed by atoms with E-state index in [0.29, 0.717) is 123 Å².